The van der Waals surface area contributed by atoms with Gasteiger partial charge in [-0.1, -0.05) is 19.8 Å². The molecule has 0 heterocycles. The topological polar surface area (TPSA) is 12.0 Å². The third-order valence-electron chi connectivity index (χ3n) is 2.38. The first-order chi connectivity index (χ1) is 7.84. The minimum Gasteiger partial charge on any atom is -0.371 e. The minimum atomic E-state index is -4.30. The summed E-state index contributed by atoms with van der Waals surface area (Å²) >= 11 is 0. The Morgan fingerprint density at radius 2 is 1.71 bits per heavy atom. The van der Waals surface area contributed by atoms with Crippen LogP contribution in [0.5, 0.6) is 0 Å². The Morgan fingerprint density at radius 3 is 2.06 bits per heavy atom. The van der Waals surface area contributed by atoms with Crippen molar-refractivity contribution in [2.45, 2.75) is 26.1 Å². The summed E-state index contributed by atoms with van der Waals surface area (Å²) in [5, 5.41) is 3.00. The molecule has 0 aliphatic rings. The molecule has 4 heteroatoms. The lowest BCUT2D eigenvalue weighted by molar-refractivity contribution is -0.137. The van der Waals surface area contributed by atoms with Crippen LogP contribution in [0.2, 0.25) is 0 Å². The Balaban J connectivity index is 2.79. The molecule has 1 nitrogen and oxygen atoms in total. The van der Waals surface area contributed by atoms with E-state index in [1.54, 1.807) is 0 Å². The molecule has 17 heavy (non-hydrogen) atoms. The Labute approximate surface area is 99.0 Å². The normalized spacial score (nSPS) is 13.2. The van der Waals surface area contributed by atoms with Gasteiger partial charge in [0.2, 0.25) is 0 Å². The highest BCUT2D eigenvalue weighted by Crippen LogP contribution is 2.30. The number of alkyl halides is 3. The predicted molar refractivity (Wildman–Crippen MR) is 62.5 cm³/mol. The van der Waals surface area contributed by atoms with E-state index >= 15 is 0 Å². The fraction of sp³-hybridized carbons (Fsp3) is 0.385. The van der Waals surface area contributed by atoms with Crippen LogP contribution in [0, 0.1) is 18.3 Å². The lowest BCUT2D eigenvalue weighted by Crippen LogP contribution is -2.23. The number of hydrogen-bond acceptors (Lipinski definition) is 1. The van der Waals surface area contributed by atoms with Crippen LogP contribution in [0.1, 0.15) is 19.4 Å². The fourth-order valence-corrected chi connectivity index (χ4v) is 1.34. The van der Waals surface area contributed by atoms with Gasteiger partial charge in [0.1, 0.15) is 0 Å². The van der Waals surface area contributed by atoms with Gasteiger partial charge in [-0.2, -0.15) is 13.2 Å². The Bertz CT molecular complexity index is 398. The van der Waals surface area contributed by atoms with E-state index < -0.39 is 11.7 Å². The molecule has 0 spiro atoms. The van der Waals surface area contributed by atoms with E-state index in [4.69, 9.17) is 6.42 Å². The van der Waals surface area contributed by atoms with E-state index in [1.807, 2.05) is 13.8 Å². The second-order valence-electron chi connectivity index (χ2n) is 4.11. The van der Waals surface area contributed by atoms with Gasteiger partial charge in [-0.3, -0.25) is 0 Å². The number of rotatable bonds is 3. The average molecular weight is 241 g/mol. The maximum Gasteiger partial charge on any atom is 0.416 e. The molecule has 0 aromatic heterocycles. The monoisotopic (exact) mass is 241 g/mol. The average Bonchev–Trinajstić information content (AvgIpc) is 2.25. The Kier molecular flexibility index (Phi) is 4.06. The zero-order valence-corrected chi connectivity index (χ0v) is 9.68. The molecule has 0 bridgehead atoms. The van der Waals surface area contributed by atoms with Crippen LogP contribution in [0.4, 0.5) is 18.9 Å². The molecule has 1 N–H and O–H groups in total. The SMILES string of the molecule is C#CC(Nc1ccc(C(F)(F)F)cc1)C(C)C. The standard InChI is InChI=1S/C13H14F3N/c1-4-12(9(2)3)17-11-7-5-10(6-8-11)13(14,15)16/h1,5-9,12,17H,2-3H3. The fourth-order valence-electron chi connectivity index (χ4n) is 1.34. The van der Waals surface area contributed by atoms with Crippen LogP contribution >= 0.6 is 0 Å². The van der Waals surface area contributed by atoms with E-state index in [-0.39, 0.29) is 12.0 Å². The van der Waals surface area contributed by atoms with E-state index in [0.717, 1.165) is 12.1 Å². The van der Waals surface area contributed by atoms with E-state index in [2.05, 4.69) is 11.2 Å². The zero-order valence-electron chi connectivity index (χ0n) is 9.68. The van der Waals surface area contributed by atoms with E-state index in [0.29, 0.717) is 5.69 Å². The lowest BCUT2D eigenvalue weighted by Gasteiger charge is -2.18. The van der Waals surface area contributed by atoms with Crippen molar-refractivity contribution >= 4 is 5.69 Å². The molecule has 0 fully saturated rings. The highest BCUT2D eigenvalue weighted by Gasteiger charge is 2.29. The molecule has 1 aromatic carbocycles. The first-order valence-corrected chi connectivity index (χ1v) is 5.24. The lowest BCUT2D eigenvalue weighted by atomic mass is 10.0. The van der Waals surface area contributed by atoms with Crippen molar-refractivity contribution in [2.24, 2.45) is 5.92 Å². The summed E-state index contributed by atoms with van der Waals surface area (Å²) in [6.07, 6.45) is 1.02. The molecule has 0 aliphatic carbocycles. The van der Waals surface area contributed by atoms with Gasteiger partial charge in [0.15, 0.2) is 0 Å². The van der Waals surface area contributed by atoms with Crippen molar-refractivity contribution < 1.29 is 13.2 Å². The van der Waals surface area contributed by atoms with Gasteiger partial charge < -0.3 is 5.32 Å². The Hall–Kier alpha value is -1.63. The summed E-state index contributed by atoms with van der Waals surface area (Å²) in [4.78, 5) is 0. The molecular formula is C13H14F3N. The van der Waals surface area contributed by atoms with Crippen LogP contribution < -0.4 is 5.32 Å². The summed E-state index contributed by atoms with van der Waals surface area (Å²) in [7, 11) is 0. The van der Waals surface area contributed by atoms with Crippen molar-refractivity contribution in [1.29, 1.82) is 0 Å². The smallest absolute Gasteiger partial charge is 0.371 e. The van der Waals surface area contributed by atoms with Crippen LogP contribution in [0.15, 0.2) is 24.3 Å². The molecular weight excluding hydrogens is 227 g/mol. The maximum atomic E-state index is 12.3. The molecule has 0 amide bonds. The Morgan fingerprint density at radius 1 is 1.18 bits per heavy atom. The first kappa shape index (κ1) is 13.4. The van der Waals surface area contributed by atoms with Gasteiger partial charge >= 0.3 is 6.18 Å². The molecule has 1 unspecified atom stereocenters. The quantitative estimate of drug-likeness (QED) is 0.794. The van der Waals surface area contributed by atoms with Crippen LogP contribution in [-0.2, 0) is 6.18 Å². The van der Waals surface area contributed by atoms with Gasteiger partial charge in [-0.05, 0) is 30.2 Å². The molecule has 1 atom stereocenters. The second-order valence-corrected chi connectivity index (χ2v) is 4.11. The molecule has 1 aromatic rings. The molecule has 92 valence electrons. The van der Waals surface area contributed by atoms with Crippen molar-refractivity contribution in [3.05, 3.63) is 29.8 Å². The molecule has 0 radical (unpaired) electrons. The highest BCUT2D eigenvalue weighted by molar-refractivity contribution is 5.47. The highest BCUT2D eigenvalue weighted by atomic mass is 19.4. The summed E-state index contributed by atoms with van der Waals surface area (Å²) in [5.74, 6) is 2.77. The number of hydrogen-bond donors (Lipinski definition) is 1. The first-order valence-electron chi connectivity index (χ1n) is 5.24. The van der Waals surface area contributed by atoms with Gasteiger partial charge in [-0.25, -0.2) is 0 Å². The van der Waals surface area contributed by atoms with Gasteiger partial charge in [0.25, 0.3) is 0 Å². The summed E-state index contributed by atoms with van der Waals surface area (Å²) in [6.45, 7) is 3.89. The van der Waals surface area contributed by atoms with Crippen LogP contribution in [-0.4, -0.2) is 6.04 Å². The minimum absolute atomic E-state index is 0.188. The van der Waals surface area contributed by atoms with Crippen LogP contribution in [0.3, 0.4) is 0 Å². The van der Waals surface area contributed by atoms with Crippen molar-refractivity contribution in [3.8, 4) is 12.3 Å². The third-order valence-corrected chi connectivity index (χ3v) is 2.38. The van der Waals surface area contributed by atoms with Crippen LogP contribution in [0.25, 0.3) is 0 Å². The number of nitrogens with one attached hydrogen (secondary N) is 1. The van der Waals surface area contributed by atoms with Gasteiger partial charge in [-0.15, -0.1) is 6.42 Å². The number of anilines is 1. The summed E-state index contributed by atoms with van der Waals surface area (Å²) in [6, 6.07) is 4.66. The third kappa shape index (κ3) is 3.70. The second kappa shape index (κ2) is 5.13. The number of terminal acetylenes is 1. The molecule has 0 aliphatic heterocycles. The molecule has 1 rings (SSSR count). The maximum absolute atomic E-state index is 12.3. The van der Waals surface area contributed by atoms with Gasteiger partial charge in [0, 0.05) is 5.69 Å². The van der Waals surface area contributed by atoms with Crippen molar-refractivity contribution in [3.63, 3.8) is 0 Å². The molecule has 0 saturated carbocycles. The largest absolute Gasteiger partial charge is 0.416 e. The predicted octanol–water partition coefficient (Wildman–Crippen LogP) is 3.78. The van der Waals surface area contributed by atoms with Gasteiger partial charge in [0.05, 0.1) is 11.6 Å². The van der Waals surface area contributed by atoms with E-state index in [1.165, 1.54) is 12.1 Å². The van der Waals surface area contributed by atoms with E-state index in [9.17, 15) is 13.2 Å². The summed E-state index contributed by atoms with van der Waals surface area (Å²) < 4.78 is 37.0. The van der Waals surface area contributed by atoms with Crippen molar-refractivity contribution in [1.82, 2.24) is 0 Å². The summed E-state index contributed by atoms with van der Waals surface area (Å²) in [5.41, 5.74) is -0.0699. The number of halogens is 3. The number of benzene rings is 1. The zero-order chi connectivity index (χ0) is 13.1. The molecule has 0 saturated heterocycles. The van der Waals surface area contributed by atoms with Crippen molar-refractivity contribution in [2.75, 3.05) is 5.32 Å².